The number of aliphatic hydroxyl groups excluding tert-OH is 1. The molecular weight excluding hydrogens is 362 g/mol. The van der Waals surface area contributed by atoms with Crippen LogP contribution in [0.2, 0.25) is 0 Å². The van der Waals surface area contributed by atoms with Crippen molar-refractivity contribution in [2.75, 3.05) is 33.8 Å². The van der Waals surface area contributed by atoms with Crippen LogP contribution in [0.1, 0.15) is 96.8 Å². The number of aliphatic hydroxyl groups is 1. The lowest BCUT2D eigenvalue weighted by molar-refractivity contribution is -0.891. The second-order valence-electron chi connectivity index (χ2n) is 8.98. The number of quaternary nitrogens is 1. The van der Waals surface area contributed by atoms with Crippen molar-refractivity contribution in [1.29, 1.82) is 10.5 Å². The van der Waals surface area contributed by atoms with Gasteiger partial charge in [-0.3, -0.25) is 0 Å². The van der Waals surface area contributed by atoms with Crippen LogP contribution in [0.15, 0.2) is 0 Å². The Balaban J connectivity index is 3.49. The van der Waals surface area contributed by atoms with Gasteiger partial charge in [-0.05, 0) is 12.8 Å². The zero-order valence-corrected chi connectivity index (χ0v) is 19.4. The number of rotatable bonds is 20. The summed E-state index contributed by atoms with van der Waals surface area (Å²) in [6.07, 6.45) is 17.8. The Bertz CT molecular complexity index is 440. The minimum absolute atomic E-state index is 0.354. The minimum atomic E-state index is -1.31. The van der Waals surface area contributed by atoms with Crippen LogP contribution in [0.4, 0.5) is 0 Å². The molecule has 0 bridgehead atoms. The fourth-order valence-corrected chi connectivity index (χ4v) is 3.52. The Morgan fingerprint density at radius 3 is 1.55 bits per heavy atom. The predicted molar refractivity (Wildman–Crippen MR) is 119 cm³/mol. The van der Waals surface area contributed by atoms with Gasteiger partial charge in [-0.15, -0.1) is 0 Å². The van der Waals surface area contributed by atoms with Gasteiger partial charge >= 0.3 is 0 Å². The molecule has 0 aromatic carbocycles. The van der Waals surface area contributed by atoms with Crippen molar-refractivity contribution in [3.05, 3.63) is 0 Å². The summed E-state index contributed by atoms with van der Waals surface area (Å²) in [7, 11) is 4.31. The third kappa shape index (κ3) is 17.4. The van der Waals surface area contributed by atoms with Crippen LogP contribution in [0.25, 0.3) is 0 Å². The molecule has 168 valence electrons. The van der Waals surface area contributed by atoms with Gasteiger partial charge in [0.1, 0.15) is 6.54 Å². The number of likely N-dealkylation sites (N-methyl/N-ethyl adjacent to an activating group) is 1. The predicted octanol–water partition coefficient (Wildman–Crippen LogP) is 5.54. The average molecular weight is 409 g/mol. The Morgan fingerprint density at radius 1 is 0.724 bits per heavy atom. The Labute approximate surface area is 180 Å². The summed E-state index contributed by atoms with van der Waals surface area (Å²) in [6, 6.07) is 3.48. The first kappa shape index (κ1) is 27.9. The summed E-state index contributed by atoms with van der Waals surface area (Å²) in [5.74, 6) is -1.11. The molecule has 0 aliphatic rings. The molecule has 0 aliphatic carbocycles. The fourth-order valence-electron chi connectivity index (χ4n) is 3.52. The molecule has 0 spiro atoms. The molecular formula is C24H46N3O2+. The van der Waals surface area contributed by atoms with E-state index < -0.39 is 12.2 Å². The summed E-state index contributed by atoms with van der Waals surface area (Å²) in [6.45, 7) is 4.47. The van der Waals surface area contributed by atoms with Crippen LogP contribution in [-0.4, -0.2) is 49.7 Å². The fraction of sp³-hybridized carbons (Fsp3) is 0.917. The molecule has 0 aromatic rings. The van der Waals surface area contributed by atoms with E-state index in [9.17, 15) is 5.11 Å². The summed E-state index contributed by atoms with van der Waals surface area (Å²) in [5, 5.41) is 27.1. The van der Waals surface area contributed by atoms with Crippen LogP contribution >= 0.6 is 0 Å². The highest BCUT2D eigenvalue weighted by atomic mass is 16.6. The Hall–Kier alpha value is -1.14. The van der Waals surface area contributed by atoms with Crippen LogP contribution in [0.3, 0.4) is 0 Å². The molecule has 0 aromatic heterocycles. The second-order valence-corrected chi connectivity index (χ2v) is 8.98. The standard InChI is InChI=1S/C24H46N3O2/c1-4-5-6-7-8-9-10-11-12-13-14-15-16-17-18-27(2,3)19-20-29-24(28)23(21-25)22-26/h23-24,28H,4-20H2,1-3H3/q+1. The van der Waals surface area contributed by atoms with E-state index >= 15 is 0 Å². The van der Waals surface area contributed by atoms with Crippen molar-refractivity contribution in [1.82, 2.24) is 0 Å². The van der Waals surface area contributed by atoms with Gasteiger partial charge in [0.05, 0.1) is 39.4 Å². The first-order valence-corrected chi connectivity index (χ1v) is 11.9. The monoisotopic (exact) mass is 408 g/mol. The lowest BCUT2D eigenvalue weighted by Gasteiger charge is -2.30. The highest BCUT2D eigenvalue weighted by Gasteiger charge is 2.21. The minimum Gasteiger partial charge on any atom is -0.366 e. The zero-order chi connectivity index (χ0) is 21.8. The summed E-state index contributed by atoms with van der Waals surface area (Å²) < 4.78 is 6.07. The van der Waals surface area contributed by atoms with E-state index in [1.807, 2.05) is 0 Å². The molecule has 1 unspecified atom stereocenters. The molecule has 5 heteroatoms. The number of unbranched alkanes of at least 4 members (excludes halogenated alkanes) is 13. The van der Waals surface area contributed by atoms with Gasteiger partial charge in [-0.2, -0.15) is 10.5 Å². The maximum absolute atomic E-state index is 9.64. The normalized spacial score (nSPS) is 12.7. The zero-order valence-electron chi connectivity index (χ0n) is 19.4. The van der Waals surface area contributed by atoms with Gasteiger partial charge in [0.25, 0.3) is 0 Å². The molecule has 0 saturated heterocycles. The smallest absolute Gasteiger partial charge is 0.184 e. The van der Waals surface area contributed by atoms with Gasteiger partial charge < -0.3 is 14.3 Å². The first-order valence-electron chi connectivity index (χ1n) is 11.9. The molecule has 1 N–H and O–H groups in total. The van der Waals surface area contributed by atoms with E-state index in [-0.39, 0.29) is 0 Å². The number of nitrogens with zero attached hydrogens (tertiary/aromatic N) is 3. The lowest BCUT2D eigenvalue weighted by Crippen LogP contribution is -2.43. The largest absolute Gasteiger partial charge is 0.366 e. The molecule has 0 amide bonds. The summed E-state index contributed by atoms with van der Waals surface area (Å²) in [5.41, 5.74) is 0. The van der Waals surface area contributed by atoms with Crippen LogP contribution in [-0.2, 0) is 4.74 Å². The van der Waals surface area contributed by atoms with Crippen molar-refractivity contribution < 1.29 is 14.3 Å². The van der Waals surface area contributed by atoms with Crippen molar-refractivity contribution >= 4 is 0 Å². The van der Waals surface area contributed by atoms with E-state index in [4.69, 9.17) is 15.3 Å². The maximum atomic E-state index is 9.64. The topological polar surface area (TPSA) is 77.0 Å². The van der Waals surface area contributed by atoms with E-state index in [0.717, 1.165) is 17.6 Å². The van der Waals surface area contributed by atoms with Crippen molar-refractivity contribution in [3.8, 4) is 12.1 Å². The van der Waals surface area contributed by atoms with E-state index in [2.05, 4.69) is 21.0 Å². The van der Waals surface area contributed by atoms with E-state index in [1.54, 1.807) is 12.1 Å². The molecule has 0 rings (SSSR count). The van der Waals surface area contributed by atoms with Gasteiger partial charge in [0, 0.05) is 0 Å². The number of ether oxygens (including phenoxy) is 1. The quantitative estimate of drug-likeness (QED) is 0.163. The summed E-state index contributed by atoms with van der Waals surface area (Å²) >= 11 is 0. The van der Waals surface area contributed by atoms with Crippen LogP contribution in [0, 0.1) is 28.6 Å². The Morgan fingerprint density at radius 2 is 1.14 bits per heavy atom. The SMILES string of the molecule is CCCCCCCCCCCCCCCC[N+](C)(C)CCOC(O)C(C#N)C#N. The highest BCUT2D eigenvalue weighted by molar-refractivity contribution is 5.00. The molecule has 0 aliphatic heterocycles. The third-order valence-electron chi connectivity index (χ3n) is 5.67. The molecule has 0 heterocycles. The molecule has 0 fully saturated rings. The van der Waals surface area contributed by atoms with E-state index in [0.29, 0.717) is 6.61 Å². The van der Waals surface area contributed by atoms with Crippen molar-refractivity contribution in [3.63, 3.8) is 0 Å². The summed E-state index contributed by atoms with van der Waals surface area (Å²) in [4.78, 5) is 0. The highest BCUT2D eigenvalue weighted by Crippen LogP contribution is 2.13. The van der Waals surface area contributed by atoms with Gasteiger partial charge in [-0.25, -0.2) is 0 Å². The van der Waals surface area contributed by atoms with Gasteiger partial charge in [-0.1, -0.05) is 84.0 Å². The van der Waals surface area contributed by atoms with Crippen molar-refractivity contribution in [2.45, 2.75) is 103 Å². The molecule has 5 nitrogen and oxygen atoms in total. The Kier molecular flexibility index (Phi) is 18.1. The molecule has 0 radical (unpaired) electrons. The van der Waals surface area contributed by atoms with Gasteiger partial charge in [0.2, 0.25) is 0 Å². The van der Waals surface area contributed by atoms with Gasteiger partial charge in [0.15, 0.2) is 12.2 Å². The second kappa shape index (κ2) is 18.9. The number of hydrogen-bond donors (Lipinski definition) is 1. The molecule has 29 heavy (non-hydrogen) atoms. The maximum Gasteiger partial charge on any atom is 0.184 e. The number of nitriles is 2. The van der Waals surface area contributed by atoms with Crippen LogP contribution < -0.4 is 0 Å². The first-order chi connectivity index (χ1) is 14.0. The lowest BCUT2D eigenvalue weighted by atomic mass is 10.0. The van der Waals surface area contributed by atoms with Crippen molar-refractivity contribution in [2.24, 2.45) is 5.92 Å². The molecule has 1 atom stereocenters. The van der Waals surface area contributed by atoms with Crippen LogP contribution in [0.5, 0.6) is 0 Å². The number of hydrogen-bond acceptors (Lipinski definition) is 4. The van der Waals surface area contributed by atoms with E-state index in [1.165, 1.54) is 89.9 Å². The third-order valence-corrected chi connectivity index (χ3v) is 5.67. The molecule has 0 saturated carbocycles. The average Bonchev–Trinajstić information content (AvgIpc) is 2.69.